The number of methoxy groups -OCH3 is 3. The maximum atomic E-state index is 13.5. The fourth-order valence-electron chi connectivity index (χ4n) is 2.87. The minimum atomic E-state index is -0.692. The van der Waals surface area contributed by atoms with Gasteiger partial charge in [0, 0.05) is 11.1 Å². The molecule has 172 valence electrons. The fourth-order valence-corrected chi connectivity index (χ4v) is 2.87. The minimum Gasteiger partial charge on any atom is -0.503 e. The number of halogens is 1. The number of esters is 2. The number of oxime groups is 1. The molecule has 0 N–H and O–H groups in total. The Labute approximate surface area is 191 Å². The molecule has 0 spiro atoms. The molecule has 2 aromatic rings. The molecule has 0 saturated carbocycles. The van der Waals surface area contributed by atoms with E-state index in [1.165, 1.54) is 39.7 Å². The van der Waals surface area contributed by atoms with Crippen LogP contribution in [0.1, 0.15) is 39.5 Å². The molecule has 0 radical (unpaired) electrons. The van der Waals surface area contributed by atoms with Crippen molar-refractivity contribution >= 4 is 23.2 Å². The second-order valence-electron chi connectivity index (χ2n) is 6.74. The molecule has 0 unspecified atom stereocenters. The largest absolute Gasteiger partial charge is 0.503 e. The summed E-state index contributed by atoms with van der Waals surface area (Å²) in [5.74, 6) is 3.72. The molecule has 0 bridgehead atoms. The van der Waals surface area contributed by atoms with Crippen molar-refractivity contribution in [1.82, 2.24) is 0 Å². The molecule has 0 aliphatic rings. The highest BCUT2D eigenvalue weighted by Gasteiger charge is 2.18. The predicted molar refractivity (Wildman–Crippen MR) is 121 cm³/mol. The lowest BCUT2D eigenvalue weighted by atomic mass is 9.97. The average molecular weight is 453 g/mol. The highest BCUT2D eigenvalue weighted by molar-refractivity contribution is 6.16. The Kier molecular flexibility index (Phi) is 9.18. The second kappa shape index (κ2) is 12.1. The topological polar surface area (TPSA) is 83.4 Å². The summed E-state index contributed by atoms with van der Waals surface area (Å²) in [4.78, 5) is 29.5. The van der Waals surface area contributed by atoms with Crippen LogP contribution in [0, 0.1) is 24.6 Å². The molecule has 7 nitrogen and oxygen atoms in total. The van der Waals surface area contributed by atoms with Crippen LogP contribution < -0.4 is 0 Å². The van der Waals surface area contributed by atoms with Crippen LogP contribution in [0.5, 0.6) is 0 Å². The summed E-state index contributed by atoms with van der Waals surface area (Å²) in [7, 11) is 3.93. The summed E-state index contributed by atoms with van der Waals surface area (Å²) in [6.45, 7) is 3.56. The summed E-state index contributed by atoms with van der Waals surface area (Å²) in [6.07, 6.45) is 1.31. The van der Waals surface area contributed by atoms with E-state index in [1.54, 1.807) is 13.0 Å². The maximum Gasteiger partial charge on any atom is 0.341 e. The number of hydrogen-bond acceptors (Lipinski definition) is 7. The second-order valence-corrected chi connectivity index (χ2v) is 6.74. The first-order valence-corrected chi connectivity index (χ1v) is 9.79. The van der Waals surface area contributed by atoms with Crippen LogP contribution in [0.2, 0.25) is 0 Å². The predicted octanol–water partition coefficient (Wildman–Crippen LogP) is 4.03. The van der Waals surface area contributed by atoms with Crippen molar-refractivity contribution in [3.05, 3.63) is 76.3 Å². The molecule has 0 fully saturated rings. The summed E-state index contributed by atoms with van der Waals surface area (Å²) in [5.41, 5.74) is 3.08. The summed E-state index contributed by atoms with van der Waals surface area (Å²) >= 11 is 0. The van der Waals surface area contributed by atoms with Gasteiger partial charge in [-0.15, -0.1) is 0 Å². The molecule has 0 atom stereocenters. The van der Waals surface area contributed by atoms with Gasteiger partial charge in [-0.2, -0.15) is 0 Å². The zero-order chi connectivity index (χ0) is 24.4. The zero-order valence-electron chi connectivity index (χ0n) is 19.0. The van der Waals surface area contributed by atoms with Crippen molar-refractivity contribution < 1.29 is 33.0 Å². The van der Waals surface area contributed by atoms with E-state index in [0.29, 0.717) is 16.8 Å². The van der Waals surface area contributed by atoms with E-state index in [0.717, 1.165) is 17.2 Å². The summed E-state index contributed by atoms with van der Waals surface area (Å²) < 4.78 is 28.0. The lowest BCUT2D eigenvalue weighted by molar-refractivity contribution is -0.133. The highest BCUT2D eigenvalue weighted by Crippen LogP contribution is 2.24. The highest BCUT2D eigenvalue weighted by atomic mass is 19.1. The van der Waals surface area contributed by atoms with Crippen LogP contribution >= 0.6 is 0 Å². The zero-order valence-corrected chi connectivity index (χ0v) is 19.0. The lowest BCUT2D eigenvalue weighted by Crippen LogP contribution is -2.08. The van der Waals surface area contributed by atoms with Gasteiger partial charge in [-0.05, 0) is 49.1 Å². The number of aryl methyl sites for hydroxylation is 1. The molecule has 0 aliphatic heterocycles. The molecular weight excluding hydrogens is 429 g/mol. The Morgan fingerprint density at radius 2 is 1.85 bits per heavy atom. The normalized spacial score (nSPS) is 11.2. The first kappa shape index (κ1) is 25.1. The van der Waals surface area contributed by atoms with Crippen molar-refractivity contribution in [2.75, 3.05) is 21.3 Å². The third kappa shape index (κ3) is 6.68. The quantitative estimate of drug-likeness (QED) is 0.157. The van der Waals surface area contributed by atoms with Gasteiger partial charge in [0.05, 0.1) is 33.2 Å². The standard InChI is InChI=1S/C25H24FNO6/c1-16-7-6-8-20(23(14-30-3)25(29)32-5)22(16)15-33-27-17(2)9-10-18-11-12-19(26)13-21(18)24(28)31-4/h6-8,11-14H,15H2,1-5H3/b23-14+,27-17+. The van der Waals surface area contributed by atoms with E-state index in [2.05, 4.69) is 21.7 Å². The summed E-state index contributed by atoms with van der Waals surface area (Å²) in [5, 5.41) is 3.99. The van der Waals surface area contributed by atoms with Gasteiger partial charge in [0.1, 0.15) is 23.7 Å². The number of rotatable bonds is 7. The van der Waals surface area contributed by atoms with E-state index >= 15 is 0 Å². The molecule has 2 rings (SSSR count). The van der Waals surface area contributed by atoms with Crippen LogP contribution in [0.4, 0.5) is 4.39 Å². The Bertz CT molecular complexity index is 1160. The van der Waals surface area contributed by atoms with E-state index in [9.17, 15) is 14.0 Å². The minimum absolute atomic E-state index is 0.0172. The third-order valence-corrected chi connectivity index (χ3v) is 4.52. The Balaban J connectivity index is 2.25. The third-order valence-electron chi connectivity index (χ3n) is 4.52. The Hall–Kier alpha value is -4.12. The van der Waals surface area contributed by atoms with Gasteiger partial charge in [-0.25, -0.2) is 14.0 Å². The molecule has 0 aromatic heterocycles. The number of benzene rings is 2. The number of nitrogens with zero attached hydrogens (tertiary/aromatic N) is 1. The van der Waals surface area contributed by atoms with Gasteiger partial charge in [-0.3, -0.25) is 0 Å². The van der Waals surface area contributed by atoms with E-state index in [1.807, 2.05) is 19.1 Å². The van der Waals surface area contributed by atoms with Crippen molar-refractivity contribution in [3.63, 3.8) is 0 Å². The van der Waals surface area contributed by atoms with Gasteiger partial charge in [0.15, 0.2) is 0 Å². The summed E-state index contributed by atoms with van der Waals surface area (Å²) in [6, 6.07) is 9.09. The molecule has 33 heavy (non-hydrogen) atoms. The molecule has 2 aromatic carbocycles. The van der Waals surface area contributed by atoms with Crippen LogP contribution in [-0.2, 0) is 30.4 Å². The number of hydrogen-bond donors (Lipinski definition) is 0. The molecular formula is C25H24FNO6. The van der Waals surface area contributed by atoms with Crippen molar-refractivity contribution in [2.24, 2.45) is 5.16 Å². The van der Waals surface area contributed by atoms with E-state index in [-0.39, 0.29) is 17.7 Å². The Morgan fingerprint density at radius 3 is 2.52 bits per heavy atom. The van der Waals surface area contributed by atoms with Crippen LogP contribution in [0.15, 0.2) is 47.8 Å². The molecule has 0 aliphatic carbocycles. The average Bonchev–Trinajstić information content (AvgIpc) is 2.81. The van der Waals surface area contributed by atoms with Crippen molar-refractivity contribution in [2.45, 2.75) is 20.5 Å². The van der Waals surface area contributed by atoms with Gasteiger partial charge >= 0.3 is 11.9 Å². The molecule has 0 saturated heterocycles. The first-order valence-electron chi connectivity index (χ1n) is 9.79. The van der Waals surface area contributed by atoms with Crippen LogP contribution in [0.25, 0.3) is 5.57 Å². The molecule has 0 heterocycles. The smallest absolute Gasteiger partial charge is 0.341 e. The SMILES string of the molecule is CO/C=C(/C(=O)OC)c1cccc(C)c1CO/N=C(\C)C#Cc1ccc(F)cc1C(=O)OC. The van der Waals surface area contributed by atoms with Gasteiger partial charge < -0.3 is 19.0 Å². The fraction of sp³-hybridized carbons (Fsp3) is 0.240. The number of carbonyl (C=O) groups excluding carboxylic acids is 2. The van der Waals surface area contributed by atoms with E-state index in [4.69, 9.17) is 14.3 Å². The van der Waals surface area contributed by atoms with Gasteiger partial charge in [0.25, 0.3) is 0 Å². The molecule has 0 amide bonds. The monoisotopic (exact) mass is 453 g/mol. The lowest BCUT2D eigenvalue weighted by Gasteiger charge is -2.13. The maximum absolute atomic E-state index is 13.5. The van der Waals surface area contributed by atoms with Gasteiger partial charge in [-0.1, -0.05) is 29.3 Å². The number of ether oxygens (including phenoxy) is 3. The molecule has 8 heteroatoms. The van der Waals surface area contributed by atoms with Gasteiger partial charge in [0.2, 0.25) is 0 Å². The first-order chi connectivity index (χ1) is 15.8. The number of carbonyl (C=O) groups is 2. The Morgan fingerprint density at radius 1 is 1.09 bits per heavy atom. The van der Waals surface area contributed by atoms with Crippen molar-refractivity contribution in [1.29, 1.82) is 0 Å². The van der Waals surface area contributed by atoms with Crippen LogP contribution in [0.3, 0.4) is 0 Å². The van der Waals surface area contributed by atoms with Crippen molar-refractivity contribution in [3.8, 4) is 11.8 Å². The van der Waals surface area contributed by atoms with Crippen LogP contribution in [-0.4, -0.2) is 39.0 Å². The van der Waals surface area contributed by atoms with E-state index < -0.39 is 17.8 Å².